The van der Waals surface area contributed by atoms with Gasteiger partial charge in [-0.15, -0.1) is 0 Å². The van der Waals surface area contributed by atoms with Crippen LogP contribution >= 0.6 is 0 Å². The smallest absolute Gasteiger partial charge is 0.101 e. The van der Waals surface area contributed by atoms with Gasteiger partial charge in [-0.2, -0.15) is 0 Å². The summed E-state index contributed by atoms with van der Waals surface area (Å²) in [4.78, 5) is 5.29. The van der Waals surface area contributed by atoms with E-state index in [4.69, 9.17) is 0 Å². The van der Waals surface area contributed by atoms with Crippen LogP contribution in [0.3, 0.4) is 0 Å². The van der Waals surface area contributed by atoms with Crippen molar-refractivity contribution < 1.29 is 0 Å². The van der Waals surface area contributed by atoms with Crippen molar-refractivity contribution in [2.75, 3.05) is 6.54 Å². The maximum absolute atomic E-state index is 2.67. The van der Waals surface area contributed by atoms with E-state index in [-0.39, 0.29) is 0 Å². The van der Waals surface area contributed by atoms with Gasteiger partial charge in [0.2, 0.25) is 0 Å². The van der Waals surface area contributed by atoms with Crippen LogP contribution in [-0.2, 0) is 0 Å². The molecule has 0 aromatic carbocycles. The Morgan fingerprint density at radius 1 is 0.405 bits per heavy atom. The normalized spacial score (nSPS) is 15.1. The fourth-order valence-electron chi connectivity index (χ4n) is 6.95. The molecule has 0 spiro atoms. The Morgan fingerprint density at radius 3 is 1.05 bits per heavy atom. The lowest BCUT2D eigenvalue weighted by molar-refractivity contribution is 0.114. The first-order valence-electron chi connectivity index (χ1n) is 19.9. The zero-order valence-electron chi connectivity index (χ0n) is 29.8. The van der Waals surface area contributed by atoms with Crippen LogP contribution in [0, 0.1) is 0 Å². The highest BCUT2D eigenvalue weighted by atomic mass is 15.4. The molecule has 0 bridgehead atoms. The predicted molar refractivity (Wildman–Crippen MR) is 191 cm³/mol. The van der Waals surface area contributed by atoms with Gasteiger partial charge in [-0.1, -0.05) is 194 Å². The van der Waals surface area contributed by atoms with Gasteiger partial charge in [-0.05, 0) is 33.1 Å². The maximum Gasteiger partial charge on any atom is 0.101 e. The molecule has 2 heteroatoms. The summed E-state index contributed by atoms with van der Waals surface area (Å²) < 4.78 is 0. The zero-order chi connectivity index (χ0) is 30.4. The Hall–Kier alpha value is -0.660. The molecule has 1 unspecified atom stereocenters. The summed E-state index contributed by atoms with van der Waals surface area (Å²) in [6, 6.07) is 0.605. The van der Waals surface area contributed by atoms with Crippen LogP contribution in [0.4, 0.5) is 0 Å². The summed E-state index contributed by atoms with van der Waals surface area (Å²) in [5.41, 5.74) is 0. The largest absolute Gasteiger partial charge is 0.356 e. The number of hydrogen-bond donors (Lipinski definition) is 0. The summed E-state index contributed by atoms with van der Waals surface area (Å²) in [6.45, 7) is 10.6. The van der Waals surface area contributed by atoms with Crippen molar-refractivity contribution in [1.29, 1.82) is 0 Å². The molecular weight excluding hydrogens is 508 g/mol. The lowest BCUT2D eigenvalue weighted by Gasteiger charge is -2.35. The van der Waals surface area contributed by atoms with Crippen LogP contribution in [0.25, 0.3) is 0 Å². The van der Waals surface area contributed by atoms with Gasteiger partial charge in [0.05, 0.1) is 0 Å². The summed E-state index contributed by atoms with van der Waals surface area (Å²) in [6.07, 6.45) is 50.2. The van der Waals surface area contributed by atoms with Gasteiger partial charge < -0.3 is 9.80 Å². The second-order valence-corrected chi connectivity index (χ2v) is 14.2. The fraction of sp³-hybridized carbons (Fsp3) is 0.950. The van der Waals surface area contributed by atoms with Crippen LogP contribution in [0.2, 0.25) is 0 Å². The molecule has 1 heterocycles. The van der Waals surface area contributed by atoms with E-state index in [2.05, 4.69) is 49.9 Å². The average Bonchev–Trinajstić information content (AvgIpc) is 3.40. The second-order valence-electron chi connectivity index (χ2n) is 14.2. The lowest BCUT2D eigenvalue weighted by Crippen LogP contribution is -2.42. The second kappa shape index (κ2) is 30.4. The highest BCUT2D eigenvalue weighted by Crippen LogP contribution is 2.25. The van der Waals surface area contributed by atoms with E-state index in [0.29, 0.717) is 12.2 Å². The molecule has 250 valence electrons. The van der Waals surface area contributed by atoms with Crippen molar-refractivity contribution in [3.8, 4) is 0 Å². The molecule has 0 radical (unpaired) electrons. The predicted octanol–water partition coefficient (Wildman–Crippen LogP) is 13.9. The van der Waals surface area contributed by atoms with Crippen LogP contribution in [-0.4, -0.2) is 28.6 Å². The van der Waals surface area contributed by atoms with Crippen LogP contribution < -0.4 is 0 Å². The average molecular weight is 589 g/mol. The summed E-state index contributed by atoms with van der Waals surface area (Å²) in [7, 11) is 0. The minimum atomic E-state index is 0.605. The molecule has 0 saturated carbocycles. The molecule has 0 N–H and O–H groups in total. The minimum absolute atomic E-state index is 0.605. The molecule has 0 amide bonds. The van der Waals surface area contributed by atoms with E-state index in [1.54, 1.807) is 0 Å². The molecule has 1 atom stereocenters. The molecular formula is C40H80N2. The van der Waals surface area contributed by atoms with Crippen molar-refractivity contribution in [1.82, 2.24) is 9.80 Å². The van der Waals surface area contributed by atoms with E-state index < -0.39 is 0 Å². The molecule has 2 nitrogen and oxygen atoms in total. The first-order valence-corrected chi connectivity index (χ1v) is 19.9. The topological polar surface area (TPSA) is 6.48 Å². The summed E-state index contributed by atoms with van der Waals surface area (Å²) in [5, 5.41) is 0. The Balaban J connectivity index is 1.97. The van der Waals surface area contributed by atoms with Gasteiger partial charge in [0.15, 0.2) is 0 Å². The quantitative estimate of drug-likeness (QED) is 0.0703. The first kappa shape index (κ1) is 39.4. The van der Waals surface area contributed by atoms with Crippen LogP contribution in [0.1, 0.15) is 227 Å². The molecule has 1 aliphatic heterocycles. The molecule has 42 heavy (non-hydrogen) atoms. The zero-order valence-corrected chi connectivity index (χ0v) is 29.8. The highest BCUT2D eigenvalue weighted by molar-refractivity contribution is 4.98. The van der Waals surface area contributed by atoms with Gasteiger partial charge in [0.25, 0.3) is 0 Å². The van der Waals surface area contributed by atoms with E-state index in [9.17, 15) is 0 Å². The van der Waals surface area contributed by atoms with Gasteiger partial charge in [-0.3, -0.25) is 0 Å². The van der Waals surface area contributed by atoms with E-state index in [1.165, 1.54) is 206 Å². The number of unbranched alkanes of at least 4 members (excludes halogenated alkanes) is 28. The third-order valence-corrected chi connectivity index (χ3v) is 9.84. The van der Waals surface area contributed by atoms with Crippen molar-refractivity contribution in [2.24, 2.45) is 0 Å². The number of rotatable bonds is 33. The molecule has 1 rings (SSSR count). The first-order chi connectivity index (χ1) is 20.7. The Labute approximate surface area is 267 Å². The van der Waals surface area contributed by atoms with Crippen molar-refractivity contribution >= 4 is 0 Å². The Kier molecular flexibility index (Phi) is 28.5. The van der Waals surface area contributed by atoms with Gasteiger partial charge >= 0.3 is 0 Å². The summed E-state index contributed by atoms with van der Waals surface area (Å²) in [5.74, 6) is 0. The molecule has 0 aliphatic carbocycles. The number of nitrogens with zero attached hydrogens (tertiary/aromatic N) is 2. The van der Waals surface area contributed by atoms with Crippen molar-refractivity contribution in [2.45, 2.75) is 239 Å². The molecule has 1 aliphatic rings. The van der Waals surface area contributed by atoms with E-state index in [0.717, 1.165) is 0 Å². The SMILES string of the molecule is CCCCCCCCCCCCCCCCCCCN1C=CN(C(C)C)C1CCCCCCCCCCCCCCC. The van der Waals surface area contributed by atoms with Crippen molar-refractivity contribution in [3.05, 3.63) is 12.4 Å². The maximum atomic E-state index is 2.67. The fourth-order valence-corrected chi connectivity index (χ4v) is 6.95. The van der Waals surface area contributed by atoms with Gasteiger partial charge in [0.1, 0.15) is 6.17 Å². The van der Waals surface area contributed by atoms with E-state index >= 15 is 0 Å². The van der Waals surface area contributed by atoms with Gasteiger partial charge in [-0.25, -0.2) is 0 Å². The van der Waals surface area contributed by atoms with E-state index in [1.807, 2.05) is 0 Å². The third-order valence-electron chi connectivity index (χ3n) is 9.84. The third kappa shape index (κ3) is 22.8. The molecule has 0 fully saturated rings. The number of hydrogen-bond acceptors (Lipinski definition) is 2. The molecule has 0 aromatic rings. The van der Waals surface area contributed by atoms with Crippen molar-refractivity contribution in [3.63, 3.8) is 0 Å². The Bertz CT molecular complexity index is 556. The molecule has 0 saturated heterocycles. The highest BCUT2D eigenvalue weighted by Gasteiger charge is 2.26. The van der Waals surface area contributed by atoms with Gasteiger partial charge in [0, 0.05) is 25.0 Å². The van der Waals surface area contributed by atoms with Crippen LogP contribution in [0.15, 0.2) is 12.4 Å². The standard InChI is InChI=1S/C40H80N2/c1-5-7-9-11-13-15-17-19-20-21-22-24-26-28-30-32-34-36-41-37-38-42(39(3)4)40(41)35-33-31-29-27-25-23-18-16-14-12-10-8-6-2/h37-40H,5-36H2,1-4H3. The lowest BCUT2D eigenvalue weighted by atomic mass is 10.0. The van der Waals surface area contributed by atoms with Crippen LogP contribution in [0.5, 0.6) is 0 Å². The molecule has 0 aromatic heterocycles. The Morgan fingerprint density at radius 2 is 0.714 bits per heavy atom. The summed E-state index contributed by atoms with van der Waals surface area (Å²) >= 11 is 0. The minimum Gasteiger partial charge on any atom is -0.356 e. The monoisotopic (exact) mass is 589 g/mol.